The first-order valence-electron chi connectivity index (χ1n) is 13.2. The summed E-state index contributed by atoms with van der Waals surface area (Å²) in [6.45, 7) is 0.426. The van der Waals surface area contributed by atoms with E-state index in [9.17, 15) is 18.8 Å². The van der Waals surface area contributed by atoms with Crippen LogP contribution in [0.2, 0.25) is 0 Å². The predicted molar refractivity (Wildman–Crippen MR) is 151 cm³/mol. The summed E-state index contributed by atoms with van der Waals surface area (Å²) in [5, 5.41) is 3.65. The number of benzene rings is 3. The molecule has 6 heteroatoms. The number of amides is 1. The van der Waals surface area contributed by atoms with E-state index in [-0.39, 0.29) is 30.3 Å². The number of aromatic nitrogens is 1. The summed E-state index contributed by atoms with van der Waals surface area (Å²) in [6, 6.07) is 23.8. The molecular formula is C33H29FN2O3. The number of nitrogens with one attached hydrogen (secondary N) is 1. The third-order valence-corrected chi connectivity index (χ3v) is 6.80. The van der Waals surface area contributed by atoms with E-state index in [1.54, 1.807) is 18.2 Å². The van der Waals surface area contributed by atoms with E-state index in [0.717, 1.165) is 51.7 Å². The van der Waals surface area contributed by atoms with Crippen LogP contribution in [0, 0.1) is 5.82 Å². The molecule has 0 radical (unpaired) electrons. The monoisotopic (exact) mass is 520 g/mol. The van der Waals surface area contributed by atoms with E-state index in [1.165, 1.54) is 18.2 Å². The number of carbonyl (C=O) groups excluding carboxylic acids is 3. The summed E-state index contributed by atoms with van der Waals surface area (Å²) in [5.41, 5.74) is 5.36. The molecular weight excluding hydrogens is 491 g/mol. The van der Waals surface area contributed by atoms with Crippen molar-refractivity contribution in [3.63, 3.8) is 0 Å². The lowest BCUT2D eigenvalue weighted by molar-refractivity contribution is -0.129. The van der Waals surface area contributed by atoms with Gasteiger partial charge in [0.25, 0.3) is 0 Å². The Balaban J connectivity index is 1.30. The van der Waals surface area contributed by atoms with Crippen molar-refractivity contribution in [2.24, 2.45) is 0 Å². The van der Waals surface area contributed by atoms with Crippen LogP contribution >= 0.6 is 0 Å². The number of allylic oxidation sites excluding steroid dienone is 1. The standard InChI is InChI=1S/C33H29FN2O3/c34-25-14-12-23(13-15-25)32-28-8-4-5-9-30(28)36-33(24-10-11-24)29(32)17-16-26(37)20-27(38)21-31(39)35-19-18-22-6-2-1-3-7-22/h1-9,12-17,24H,10-11,18-21H2,(H,35,39). The van der Waals surface area contributed by atoms with Gasteiger partial charge in [0.05, 0.1) is 24.1 Å². The highest BCUT2D eigenvalue weighted by atomic mass is 19.1. The molecule has 1 aromatic heterocycles. The molecule has 1 aliphatic carbocycles. The second kappa shape index (κ2) is 11.9. The van der Waals surface area contributed by atoms with Crippen LogP contribution < -0.4 is 5.32 Å². The molecule has 3 aromatic carbocycles. The maximum Gasteiger partial charge on any atom is 0.227 e. The summed E-state index contributed by atoms with van der Waals surface area (Å²) >= 11 is 0. The first-order chi connectivity index (χ1) is 19.0. The van der Waals surface area contributed by atoms with Gasteiger partial charge in [-0.15, -0.1) is 0 Å². The predicted octanol–water partition coefficient (Wildman–Crippen LogP) is 6.21. The Kier molecular flexibility index (Phi) is 8.02. The molecule has 4 aromatic rings. The van der Waals surface area contributed by atoms with Crippen molar-refractivity contribution in [3.05, 3.63) is 108 Å². The SMILES string of the molecule is O=C(C=Cc1c(C2CC2)nc2ccccc2c1-c1ccc(F)cc1)CC(=O)CC(=O)NCCc1ccccc1. The molecule has 196 valence electrons. The largest absolute Gasteiger partial charge is 0.355 e. The van der Waals surface area contributed by atoms with Crippen molar-refractivity contribution in [1.82, 2.24) is 10.3 Å². The Hall–Kier alpha value is -4.45. The van der Waals surface area contributed by atoms with E-state index < -0.39 is 5.78 Å². The molecule has 1 saturated carbocycles. The van der Waals surface area contributed by atoms with Gasteiger partial charge in [-0.25, -0.2) is 4.39 Å². The number of para-hydroxylation sites is 1. The molecule has 0 saturated heterocycles. The number of hydrogen-bond donors (Lipinski definition) is 1. The quantitative estimate of drug-likeness (QED) is 0.188. The molecule has 1 N–H and O–H groups in total. The molecule has 0 spiro atoms. The maximum absolute atomic E-state index is 13.7. The molecule has 0 aliphatic heterocycles. The van der Waals surface area contributed by atoms with Crippen molar-refractivity contribution in [1.29, 1.82) is 0 Å². The zero-order valence-electron chi connectivity index (χ0n) is 21.5. The minimum Gasteiger partial charge on any atom is -0.355 e. The Morgan fingerprint density at radius 3 is 2.36 bits per heavy atom. The van der Waals surface area contributed by atoms with Gasteiger partial charge < -0.3 is 5.32 Å². The minimum atomic E-state index is -0.431. The van der Waals surface area contributed by atoms with Crippen LogP contribution in [0.25, 0.3) is 28.1 Å². The third-order valence-electron chi connectivity index (χ3n) is 6.80. The number of nitrogens with zero attached hydrogens (tertiary/aromatic N) is 1. The van der Waals surface area contributed by atoms with E-state index in [0.29, 0.717) is 18.9 Å². The van der Waals surface area contributed by atoms with Crippen LogP contribution in [0.5, 0.6) is 0 Å². The molecule has 5 rings (SSSR count). The highest BCUT2D eigenvalue weighted by Crippen LogP contribution is 2.45. The van der Waals surface area contributed by atoms with Gasteiger partial charge in [-0.2, -0.15) is 0 Å². The van der Waals surface area contributed by atoms with Gasteiger partial charge >= 0.3 is 0 Å². The molecule has 1 heterocycles. The Bertz CT molecular complexity index is 1540. The van der Waals surface area contributed by atoms with Crippen LogP contribution in [-0.4, -0.2) is 29.0 Å². The maximum atomic E-state index is 13.7. The van der Waals surface area contributed by atoms with E-state index >= 15 is 0 Å². The highest BCUT2D eigenvalue weighted by Gasteiger charge is 2.29. The Labute approximate surface area is 226 Å². The second-order valence-electron chi connectivity index (χ2n) is 9.86. The summed E-state index contributed by atoms with van der Waals surface area (Å²) in [4.78, 5) is 42.3. The van der Waals surface area contributed by atoms with E-state index in [2.05, 4.69) is 5.32 Å². The Morgan fingerprint density at radius 1 is 0.897 bits per heavy atom. The van der Waals surface area contributed by atoms with Gasteiger partial charge in [0.15, 0.2) is 5.78 Å². The van der Waals surface area contributed by atoms with Crippen LogP contribution in [0.4, 0.5) is 4.39 Å². The number of carbonyl (C=O) groups is 3. The summed E-state index contributed by atoms with van der Waals surface area (Å²) in [7, 11) is 0. The van der Waals surface area contributed by atoms with E-state index in [1.807, 2.05) is 54.6 Å². The zero-order valence-corrected chi connectivity index (χ0v) is 21.5. The lowest BCUT2D eigenvalue weighted by Gasteiger charge is -2.15. The van der Waals surface area contributed by atoms with Crippen molar-refractivity contribution >= 4 is 34.5 Å². The third kappa shape index (κ3) is 6.71. The lowest BCUT2D eigenvalue weighted by atomic mass is 9.92. The normalized spacial score (nSPS) is 13.1. The van der Waals surface area contributed by atoms with Crippen molar-refractivity contribution in [2.75, 3.05) is 6.54 Å². The molecule has 39 heavy (non-hydrogen) atoms. The fourth-order valence-corrected chi connectivity index (χ4v) is 4.73. The van der Waals surface area contributed by atoms with Crippen LogP contribution in [0.1, 0.15) is 48.4 Å². The topological polar surface area (TPSA) is 76.1 Å². The van der Waals surface area contributed by atoms with Crippen LogP contribution in [-0.2, 0) is 20.8 Å². The number of halogens is 1. The fraction of sp³-hybridized carbons (Fsp3) is 0.212. The number of hydrogen-bond acceptors (Lipinski definition) is 4. The first-order valence-corrected chi connectivity index (χ1v) is 13.2. The smallest absolute Gasteiger partial charge is 0.227 e. The Morgan fingerprint density at radius 2 is 1.62 bits per heavy atom. The van der Waals surface area contributed by atoms with E-state index in [4.69, 9.17) is 4.98 Å². The molecule has 5 nitrogen and oxygen atoms in total. The number of ketones is 2. The molecule has 1 amide bonds. The molecule has 1 aliphatic rings. The lowest BCUT2D eigenvalue weighted by Crippen LogP contribution is -2.28. The second-order valence-corrected chi connectivity index (χ2v) is 9.86. The van der Waals surface area contributed by atoms with Gasteiger partial charge in [0.1, 0.15) is 11.6 Å². The number of fused-ring (bicyclic) bond motifs is 1. The number of Topliss-reactive ketones (excluding diaryl/α,β-unsaturated/α-hetero) is 1. The average molecular weight is 521 g/mol. The van der Waals surface area contributed by atoms with Crippen molar-refractivity contribution in [2.45, 2.75) is 38.0 Å². The van der Waals surface area contributed by atoms with Gasteiger partial charge in [0, 0.05) is 29.0 Å². The van der Waals surface area contributed by atoms with Gasteiger partial charge in [-0.05, 0) is 60.7 Å². The van der Waals surface area contributed by atoms with Crippen molar-refractivity contribution in [3.8, 4) is 11.1 Å². The summed E-state index contributed by atoms with van der Waals surface area (Å²) in [5.74, 6) is -1.23. The van der Waals surface area contributed by atoms with Crippen LogP contribution in [0.3, 0.4) is 0 Å². The van der Waals surface area contributed by atoms with Gasteiger partial charge in [-0.1, -0.05) is 60.7 Å². The van der Waals surface area contributed by atoms with Crippen LogP contribution in [0.15, 0.2) is 84.9 Å². The molecule has 0 unspecified atom stereocenters. The van der Waals surface area contributed by atoms with Gasteiger partial charge in [0.2, 0.25) is 5.91 Å². The number of pyridine rings is 1. The van der Waals surface area contributed by atoms with Crippen molar-refractivity contribution < 1.29 is 18.8 Å². The molecule has 0 atom stereocenters. The number of rotatable bonds is 11. The minimum absolute atomic E-state index is 0.296. The highest BCUT2D eigenvalue weighted by molar-refractivity contribution is 6.11. The summed E-state index contributed by atoms with van der Waals surface area (Å²) in [6.07, 6.45) is 5.13. The molecule has 1 fully saturated rings. The molecule has 0 bridgehead atoms. The average Bonchev–Trinajstić information content (AvgIpc) is 3.78. The fourth-order valence-electron chi connectivity index (χ4n) is 4.73. The zero-order chi connectivity index (χ0) is 27.2. The first kappa shape index (κ1) is 26.2. The summed E-state index contributed by atoms with van der Waals surface area (Å²) < 4.78 is 13.7. The van der Waals surface area contributed by atoms with Gasteiger partial charge in [-0.3, -0.25) is 19.4 Å².